The van der Waals surface area contributed by atoms with Crippen molar-refractivity contribution in [1.29, 1.82) is 0 Å². The first-order chi connectivity index (χ1) is 8.15. The zero-order valence-corrected chi connectivity index (χ0v) is 10.2. The second-order valence-electron chi connectivity index (χ2n) is 3.84. The Kier molecular flexibility index (Phi) is 5.38. The quantitative estimate of drug-likeness (QED) is 0.477. The van der Waals surface area contributed by atoms with Crippen molar-refractivity contribution in [3.05, 3.63) is 24.0 Å². The zero-order valence-electron chi connectivity index (χ0n) is 10.2. The highest BCUT2D eigenvalue weighted by atomic mass is 16.1. The summed E-state index contributed by atoms with van der Waals surface area (Å²) >= 11 is 0. The van der Waals surface area contributed by atoms with Crippen LogP contribution in [0.2, 0.25) is 0 Å². The molecule has 1 aromatic rings. The molecule has 0 aliphatic rings. The Morgan fingerprint density at radius 2 is 2.35 bits per heavy atom. The maximum absolute atomic E-state index is 11.1. The predicted octanol–water partition coefficient (Wildman–Crippen LogP) is -0.0649. The summed E-state index contributed by atoms with van der Waals surface area (Å²) in [6.07, 6.45) is 2.19. The van der Waals surface area contributed by atoms with E-state index in [0.717, 1.165) is 11.4 Å². The first-order valence-electron chi connectivity index (χ1n) is 5.46. The van der Waals surface area contributed by atoms with Crippen LogP contribution in [-0.2, 0) is 11.3 Å². The highest BCUT2D eigenvalue weighted by Gasteiger charge is 2.04. The summed E-state index contributed by atoms with van der Waals surface area (Å²) < 4.78 is 0. The van der Waals surface area contributed by atoms with Crippen molar-refractivity contribution in [2.75, 3.05) is 26.1 Å². The lowest BCUT2D eigenvalue weighted by Crippen LogP contribution is -2.26. The third-order valence-corrected chi connectivity index (χ3v) is 2.41. The molecule has 0 fully saturated rings. The fourth-order valence-electron chi connectivity index (χ4n) is 1.43. The molecule has 0 atom stereocenters. The number of carbonyl (C=O) groups is 1. The van der Waals surface area contributed by atoms with Gasteiger partial charge in [-0.05, 0) is 19.2 Å². The normalized spacial score (nSPS) is 10.4. The van der Waals surface area contributed by atoms with Crippen LogP contribution in [0.15, 0.2) is 18.3 Å². The van der Waals surface area contributed by atoms with Crippen LogP contribution in [0, 0.1) is 0 Å². The minimum atomic E-state index is 0.0437. The first-order valence-corrected chi connectivity index (χ1v) is 5.46. The first kappa shape index (κ1) is 13.4. The number of pyridine rings is 1. The molecule has 0 unspecified atom stereocenters. The summed E-state index contributed by atoms with van der Waals surface area (Å²) in [7, 11) is 3.59. The molecule has 0 bridgehead atoms. The van der Waals surface area contributed by atoms with Gasteiger partial charge in [0.25, 0.3) is 0 Å². The maximum atomic E-state index is 11.1. The SMILES string of the molecule is CNC(=O)CCN(C)Cc1cc(NN)ccn1. The van der Waals surface area contributed by atoms with E-state index in [0.29, 0.717) is 19.5 Å². The van der Waals surface area contributed by atoms with Gasteiger partial charge in [0, 0.05) is 32.8 Å². The minimum absolute atomic E-state index is 0.0437. The standard InChI is InChI=1S/C11H19N5O/c1-13-11(17)4-6-16(2)8-10-7-9(15-12)3-5-14-10/h3,5,7H,4,6,8,12H2,1-2H3,(H,13,17)(H,14,15). The Hall–Kier alpha value is -1.66. The molecule has 0 spiro atoms. The molecule has 1 heterocycles. The number of nitrogens with one attached hydrogen (secondary N) is 2. The lowest BCUT2D eigenvalue weighted by atomic mass is 10.3. The highest BCUT2D eigenvalue weighted by Crippen LogP contribution is 2.07. The van der Waals surface area contributed by atoms with Crippen molar-refractivity contribution < 1.29 is 4.79 Å². The Morgan fingerprint density at radius 1 is 1.59 bits per heavy atom. The number of anilines is 1. The van der Waals surface area contributed by atoms with E-state index in [1.165, 1.54) is 0 Å². The Morgan fingerprint density at radius 3 is 3.00 bits per heavy atom. The lowest BCUT2D eigenvalue weighted by Gasteiger charge is -2.15. The van der Waals surface area contributed by atoms with Gasteiger partial charge >= 0.3 is 0 Å². The van der Waals surface area contributed by atoms with Gasteiger partial charge < -0.3 is 15.6 Å². The fourth-order valence-corrected chi connectivity index (χ4v) is 1.43. The van der Waals surface area contributed by atoms with E-state index in [4.69, 9.17) is 5.84 Å². The molecule has 0 aliphatic carbocycles. The van der Waals surface area contributed by atoms with Gasteiger partial charge in [-0.15, -0.1) is 0 Å². The highest BCUT2D eigenvalue weighted by molar-refractivity contribution is 5.75. The molecular formula is C11H19N5O. The molecule has 0 saturated carbocycles. The van der Waals surface area contributed by atoms with E-state index >= 15 is 0 Å². The van der Waals surface area contributed by atoms with Gasteiger partial charge in [0.05, 0.1) is 11.4 Å². The molecule has 0 aliphatic heterocycles. The van der Waals surface area contributed by atoms with Crippen LogP contribution in [0.1, 0.15) is 12.1 Å². The summed E-state index contributed by atoms with van der Waals surface area (Å²) in [5.41, 5.74) is 4.32. The average Bonchev–Trinajstić information content (AvgIpc) is 2.36. The topological polar surface area (TPSA) is 83.3 Å². The van der Waals surface area contributed by atoms with Crippen molar-refractivity contribution in [3.8, 4) is 0 Å². The fraction of sp³-hybridized carbons (Fsp3) is 0.455. The van der Waals surface area contributed by atoms with Crippen molar-refractivity contribution in [2.24, 2.45) is 5.84 Å². The van der Waals surface area contributed by atoms with Gasteiger partial charge in [-0.1, -0.05) is 0 Å². The van der Waals surface area contributed by atoms with Gasteiger partial charge in [0.2, 0.25) is 5.91 Å². The molecule has 6 heteroatoms. The number of amides is 1. The number of hydrogen-bond acceptors (Lipinski definition) is 5. The van der Waals surface area contributed by atoms with Crippen molar-refractivity contribution in [3.63, 3.8) is 0 Å². The van der Waals surface area contributed by atoms with E-state index in [2.05, 4.69) is 15.7 Å². The van der Waals surface area contributed by atoms with Gasteiger partial charge in [0.15, 0.2) is 0 Å². The van der Waals surface area contributed by atoms with Crippen LogP contribution in [0.5, 0.6) is 0 Å². The number of rotatable bonds is 6. The van der Waals surface area contributed by atoms with E-state index < -0.39 is 0 Å². The second-order valence-corrected chi connectivity index (χ2v) is 3.84. The monoisotopic (exact) mass is 237 g/mol. The molecule has 4 N–H and O–H groups in total. The van der Waals surface area contributed by atoms with E-state index in [9.17, 15) is 4.79 Å². The number of hydrogen-bond donors (Lipinski definition) is 3. The summed E-state index contributed by atoms with van der Waals surface area (Å²) in [4.78, 5) is 17.4. The molecule has 0 aromatic carbocycles. The number of aromatic nitrogens is 1. The lowest BCUT2D eigenvalue weighted by molar-refractivity contribution is -0.120. The summed E-state index contributed by atoms with van der Waals surface area (Å²) in [5, 5.41) is 2.59. The number of nitrogens with two attached hydrogens (primary N) is 1. The molecular weight excluding hydrogens is 218 g/mol. The molecule has 0 saturated heterocycles. The molecule has 0 radical (unpaired) electrons. The number of carbonyl (C=O) groups excluding carboxylic acids is 1. The van der Waals surface area contributed by atoms with Gasteiger partial charge in [-0.25, -0.2) is 0 Å². The van der Waals surface area contributed by atoms with Crippen LogP contribution in [0.25, 0.3) is 0 Å². The number of nitrogens with zero attached hydrogens (tertiary/aromatic N) is 2. The Balaban J connectivity index is 2.44. The van der Waals surface area contributed by atoms with E-state index in [1.807, 2.05) is 18.0 Å². The maximum Gasteiger partial charge on any atom is 0.221 e. The van der Waals surface area contributed by atoms with Crippen molar-refractivity contribution in [2.45, 2.75) is 13.0 Å². The van der Waals surface area contributed by atoms with Gasteiger partial charge in [0.1, 0.15) is 0 Å². The summed E-state index contributed by atoms with van der Waals surface area (Å²) in [6.45, 7) is 1.38. The van der Waals surface area contributed by atoms with Crippen LogP contribution in [-0.4, -0.2) is 36.4 Å². The summed E-state index contributed by atoms with van der Waals surface area (Å²) in [5.74, 6) is 5.37. The molecule has 1 rings (SSSR count). The van der Waals surface area contributed by atoms with Crippen LogP contribution < -0.4 is 16.6 Å². The predicted molar refractivity (Wildman–Crippen MR) is 67.1 cm³/mol. The summed E-state index contributed by atoms with van der Waals surface area (Å²) in [6, 6.07) is 3.68. The number of hydrazine groups is 1. The molecule has 1 amide bonds. The average molecular weight is 237 g/mol. The molecule has 1 aromatic heterocycles. The third kappa shape index (κ3) is 4.80. The van der Waals surface area contributed by atoms with Crippen LogP contribution in [0.3, 0.4) is 0 Å². The van der Waals surface area contributed by atoms with Crippen LogP contribution >= 0.6 is 0 Å². The van der Waals surface area contributed by atoms with Crippen molar-refractivity contribution >= 4 is 11.6 Å². The second kappa shape index (κ2) is 6.82. The molecule has 6 nitrogen and oxygen atoms in total. The van der Waals surface area contributed by atoms with Crippen LogP contribution in [0.4, 0.5) is 5.69 Å². The number of nitrogen functional groups attached to an aromatic ring is 1. The minimum Gasteiger partial charge on any atom is -0.359 e. The van der Waals surface area contributed by atoms with Gasteiger partial charge in [-0.3, -0.25) is 15.6 Å². The van der Waals surface area contributed by atoms with Gasteiger partial charge in [-0.2, -0.15) is 0 Å². The Bertz CT molecular complexity index is 369. The smallest absolute Gasteiger partial charge is 0.221 e. The third-order valence-electron chi connectivity index (χ3n) is 2.41. The Labute approximate surface area is 101 Å². The van der Waals surface area contributed by atoms with E-state index in [-0.39, 0.29) is 5.91 Å². The molecule has 94 valence electrons. The zero-order chi connectivity index (χ0) is 12.7. The molecule has 17 heavy (non-hydrogen) atoms. The van der Waals surface area contributed by atoms with E-state index in [1.54, 1.807) is 19.3 Å². The largest absolute Gasteiger partial charge is 0.359 e. The van der Waals surface area contributed by atoms with Crippen molar-refractivity contribution in [1.82, 2.24) is 15.2 Å².